The molecule has 2 aromatic rings. The highest BCUT2D eigenvalue weighted by molar-refractivity contribution is 7.92. The SMILES string of the molecule is CN(c1ccc2c(c1)N1CCC3(CC3)[C@@H](CCCCNc3nccc(n3)NC2=O)C1)S(=O)(=O)CCO. The van der Waals surface area contributed by atoms with Crippen molar-refractivity contribution >= 4 is 39.1 Å². The second-order valence-electron chi connectivity index (χ2n) is 10.1. The van der Waals surface area contributed by atoms with Crippen molar-refractivity contribution in [2.45, 2.75) is 38.5 Å². The van der Waals surface area contributed by atoms with Gasteiger partial charge in [0.05, 0.1) is 29.3 Å². The summed E-state index contributed by atoms with van der Waals surface area (Å²) in [5.41, 5.74) is 2.07. The molecule has 2 aliphatic heterocycles. The summed E-state index contributed by atoms with van der Waals surface area (Å²) in [6.07, 6.45) is 8.44. The van der Waals surface area contributed by atoms with Gasteiger partial charge in [0.1, 0.15) is 5.82 Å². The fourth-order valence-electron chi connectivity index (χ4n) is 5.54. The molecule has 0 unspecified atom stereocenters. The van der Waals surface area contributed by atoms with E-state index in [1.54, 1.807) is 30.5 Å². The van der Waals surface area contributed by atoms with Gasteiger partial charge >= 0.3 is 0 Å². The van der Waals surface area contributed by atoms with E-state index in [-0.39, 0.29) is 11.7 Å². The summed E-state index contributed by atoms with van der Waals surface area (Å²) in [4.78, 5) is 24.4. The minimum atomic E-state index is -3.68. The van der Waals surface area contributed by atoms with Crippen molar-refractivity contribution in [3.05, 3.63) is 36.0 Å². The molecule has 3 N–H and O–H groups in total. The number of benzene rings is 1. The maximum atomic E-state index is 13.4. The van der Waals surface area contributed by atoms with Crippen LogP contribution in [0, 0.1) is 11.3 Å². The topological polar surface area (TPSA) is 128 Å². The monoisotopic (exact) mass is 514 g/mol. The quantitative estimate of drug-likeness (QED) is 0.568. The van der Waals surface area contributed by atoms with Crippen LogP contribution in [0.2, 0.25) is 0 Å². The Bertz CT molecular complexity index is 1230. The molecule has 2 fully saturated rings. The molecule has 1 aromatic carbocycles. The van der Waals surface area contributed by atoms with Gasteiger partial charge in [0, 0.05) is 32.9 Å². The maximum Gasteiger partial charge on any atom is 0.258 e. The van der Waals surface area contributed by atoms with Crippen molar-refractivity contribution in [2.75, 3.05) is 58.9 Å². The zero-order chi connectivity index (χ0) is 25.3. The lowest BCUT2D eigenvalue weighted by atomic mass is 9.79. The van der Waals surface area contributed by atoms with Crippen LogP contribution in [0.5, 0.6) is 0 Å². The summed E-state index contributed by atoms with van der Waals surface area (Å²) < 4.78 is 26.4. The van der Waals surface area contributed by atoms with E-state index in [4.69, 9.17) is 0 Å². The number of nitrogens with one attached hydrogen (secondary N) is 2. The fraction of sp³-hybridized carbons (Fsp3) is 0.560. The normalized spacial score (nSPS) is 21.4. The van der Waals surface area contributed by atoms with Crippen LogP contribution in [0.3, 0.4) is 0 Å². The van der Waals surface area contributed by atoms with E-state index in [0.717, 1.165) is 51.0 Å². The summed E-state index contributed by atoms with van der Waals surface area (Å²) in [6.45, 7) is 2.00. The van der Waals surface area contributed by atoms with Gasteiger partial charge in [-0.2, -0.15) is 4.98 Å². The summed E-state index contributed by atoms with van der Waals surface area (Å²) >= 11 is 0. The number of carbonyl (C=O) groups is 1. The van der Waals surface area contributed by atoms with Crippen LogP contribution in [0.4, 0.5) is 23.1 Å². The van der Waals surface area contributed by atoms with Crippen LogP contribution in [0.25, 0.3) is 0 Å². The molecule has 11 heteroatoms. The van der Waals surface area contributed by atoms with Crippen molar-refractivity contribution in [1.29, 1.82) is 0 Å². The first-order chi connectivity index (χ1) is 17.3. The number of anilines is 4. The van der Waals surface area contributed by atoms with Crippen molar-refractivity contribution < 1.29 is 18.3 Å². The second kappa shape index (κ2) is 9.85. The molecule has 4 bridgehead atoms. The van der Waals surface area contributed by atoms with Crippen LogP contribution in [-0.4, -0.2) is 68.4 Å². The van der Waals surface area contributed by atoms with Gasteiger partial charge in [-0.3, -0.25) is 9.10 Å². The molecule has 1 saturated heterocycles. The first-order valence-electron chi connectivity index (χ1n) is 12.7. The first-order valence-corrected chi connectivity index (χ1v) is 14.3. The number of nitrogens with zero attached hydrogens (tertiary/aromatic N) is 4. The van der Waals surface area contributed by atoms with Crippen LogP contribution in [-0.2, 0) is 10.0 Å². The lowest BCUT2D eigenvalue weighted by Gasteiger charge is -2.41. The number of piperidine rings is 1. The molecule has 3 heterocycles. The van der Waals surface area contributed by atoms with E-state index in [0.29, 0.717) is 34.3 Å². The van der Waals surface area contributed by atoms with E-state index in [2.05, 4.69) is 25.5 Å². The smallest absolute Gasteiger partial charge is 0.258 e. The van der Waals surface area contributed by atoms with Gasteiger partial charge in [0.2, 0.25) is 16.0 Å². The third kappa shape index (κ3) is 4.99. The molecule has 1 saturated carbocycles. The van der Waals surface area contributed by atoms with Crippen LogP contribution >= 0.6 is 0 Å². The Hall–Kier alpha value is -2.92. The van der Waals surface area contributed by atoms with Crippen molar-refractivity contribution in [1.82, 2.24) is 9.97 Å². The Morgan fingerprint density at radius 1 is 1.22 bits per heavy atom. The number of aliphatic hydroxyl groups excluding tert-OH is 1. The number of hydrogen-bond donors (Lipinski definition) is 3. The van der Waals surface area contributed by atoms with Crippen molar-refractivity contribution in [2.24, 2.45) is 11.3 Å². The zero-order valence-electron chi connectivity index (χ0n) is 20.6. The van der Waals surface area contributed by atoms with E-state index in [1.165, 1.54) is 24.2 Å². The third-order valence-electron chi connectivity index (χ3n) is 7.94. The van der Waals surface area contributed by atoms with Crippen LogP contribution in [0.15, 0.2) is 30.5 Å². The molecule has 36 heavy (non-hydrogen) atoms. The molecule has 1 atom stereocenters. The molecule has 3 aliphatic rings. The number of amides is 1. The van der Waals surface area contributed by atoms with Gasteiger partial charge in [0.15, 0.2) is 0 Å². The number of rotatable bonds is 4. The summed E-state index contributed by atoms with van der Waals surface area (Å²) in [5.74, 6) is 0.748. The number of hydrogen-bond acceptors (Lipinski definition) is 8. The highest BCUT2D eigenvalue weighted by atomic mass is 32.2. The Morgan fingerprint density at radius 3 is 2.83 bits per heavy atom. The number of fused-ring (bicyclic) bond motifs is 7. The standard InChI is InChI=1S/C25H34N6O4S/c1-30(36(34,35)15-14-32)19-5-6-20-21(16-19)31-13-10-25(8-9-25)18(17-31)4-2-3-11-26-24-27-12-7-22(29-24)28-23(20)33/h5-7,12,16,18,32H,2-4,8-11,13-15,17H2,1H3,(H2,26,27,28,29,33)/t18-/m0/s1. The van der Waals surface area contributed by atoms with Crippen molar-refractivity contribution in [3.8, 4) is 0 Å². The van der Waals surface area contributed by atoms with Gasteiger partial charge in [-0.25, -0.2) is 13.4 Å². The molecule has 194 valence electrons. The van der Waals surface area contributed by atoms with Gasteiger partial charge < -0.3 is 20.6 Å². The highest BCUT2D eigenvalue weighted by Crippen LogP contribution is 2.58. The molecule has 0 radical (unpaired) electrons. The number of aromatic nitrogens is 2. The second-order valence-corrected chi connectivity index (χ2v) is 12.2. The minimum Gasteiger partial charge on any atom is -0.395 e. The minimum absolute atomic E-state index is 0.305. The van der Waals surface area contributed by atoms with Gasteiger partial charge in [-0.05, 0) is 67.7 Å². The summed E-state index contributed by atoms with van der Waals surface area (Å²) in [7, 11) is -2.20. The molecular weight excluding hydrogens is 480 g/mol. The van der Waals surface area contributed by atoms with Crippen molar-refractivity contribution in [3.63, 3.8) is 0 Å². The fourth-order valence-corrected chi connectivity index (χ4v) is 6.48. The van der Waals surface area contributed by atoms with Crippen LogP contribution < -0.4 is 19.8 Å². The average Bonchev–Trinajstić information content (AvgIpc) is 3.64. The van der Waals surface area contributed by atoms with Gasteiger partial charge in [-0.1, -0.05) is 6.42 Å². The molecule has 1 spiro atoms. The van der Waals surface area contributed by atoms with E-state index in [1.807, 2.05) is 0 Å². The van der Waals surface area contributed by atoms with E-state index >= 15 is 0 Å². The predicted molar refractivity (Wildman–Crippen MR) is 140 cm³/mol. The summed E-state index contributed by atoms with van der Waals surface area (Å²) in [6, 6.07) is 6.76. The molecule has 1 amide bonds. The zero-order valence-corrected chi connectivity index (χ0v) is 21.4. The Kier molecular flexibility index (Phi) is 6.78. The van der Waals surface area contributed by atoms with E-state index < -0.39 is 16.6 Å². The van der Waals surface area contributed by atoms with E-state index in [9.17, 15) is 18.3 Å². The van der Waals surface area contributed by atoms with Gasteiger partial charge in [-0.15, -0.1) is 0 Å². The lowest BCUT2D eigenvalue weighted by molar-refractivity contribution is 0.102. The maximum absolute atomic E-state index is 13.4. The average molecular weight is 515 g/mol. The third-order valence-corrected chi connectivity index (χ3v) is 9.68. The molecular formula is C25H34N6O4S. The Balaban J connectivity index is 1.54. The highest BCUT2D eigenvalue weighted by Gasteiger charge is 2.51. The lowest BCUT2D eigenvalue weighted by Crippen LogP contribution is -2.42. The number of carbonyl (C=O) groups excluding carboxylic acids is 1. The molecule has 1 aromatic heterocycles. The first kappa shape index (κ1) is 24.8. The summed E-state index contributed by atoms with van der Waals surface area (Å²) in [5, 5.41) is 15.4. The Labute approximate surface area is 212 Å². The molecule has 5 rings (SSSR count). The predicted octanol–water partition coefficient (Wildman–Crippen LogP) is 2.69. The molecule has 1 aliphatic carbocycles. The number of sulfonamides is 1. The largest absolute Gasteiger partial charge is 0.395 e. The van der Waals surface area contributed by atoms with Gasteiger partial charge in [0.25, 0.3) is 5.91 Å². The Morgan fingerprint density at radius 2 is 2.06 bits per heavy atom. The number of aliphatic hydroxyl groups is 1. The molecule has 10 nitrogen and oxygen atoms in total. The van der Waals surface area contributed by atoms with Crippen LogP contribution in [0.1, 0.15) is 48.9 Å².